The molecule has 0 aromatic heterocycles. The molecule has 0 bridgehead atoms. The Morgan fingerprint density at radius 1 is 1.00 bits per heavy atom. The summed E-state index contributed by atoms with van der Waals surface area (Å²) < 4.78 is 29.6. The maximum Gasteiger partial charge on any atom is 0.294 e. The molecule has 0 saturated carbocycles. The summed E-state index contributed by atoms with van der Waals surface area (Å²) in [7, 11) is -2.02. The average Bonchev–Trinajstić information content (AvgIpc) is 2.48. The standard InChI is InChI=1S/C10H15NO.C7H8O3S/c1-11(7-8-12)9-10-5-3-2-4-6-10;1-6-2-4-7(5-3-6)11(8,9)10/h2-6,12H,7-9H2,1H3;2-5H,1H3,(H,8,9,10). The Balaban J connectivity index is 0.000000231. The Bertz CT molecular complexity index is 669. The van der Waals surface area contributed by atoms with Crippen LogP contribution in [0.15, 0.2) is 59.5 Å². The molecule has 0 heterocycles. The first-order chi connectivity index (χ1) is 10.8. The summed E-state index contributed by atoms with van der Waals surface area (Å²) in [5, 5.41) is 8.67. The van der Waals surface area contributed by atoms with Crippen molar-refractivity contribution in [3.63, 3.8) is 0 Å². The number of hydrogen-bond donors (Lipinski definition) is 2. The summed E-state index contributed by atoms with van der Waals surface area (Å²) >= 11 is 0. The highest BCUT2D eigenvalue weighted by molar-refractivity contribution is 7.85. The lowest BCUT2D eigenvalue weighted by Gasteiger charge is -2.14. The van der Waals surface area contributed by atoms with E-state index in [9.17, 15) is 8.42 Å². The van der Waals surface area contributed by atoms with E-state index in [0.717, 1.165) is 18.7 Å². The molecule has 2 aromatic carbocycles. The van der Waals surface area contributed by atoms with Gasteiger partial charge in [0.1, 0.15) is 0 Å². The number of aliphatic hydroxyl groups is 1. The molecule has 5 nitrogen and oxygen atoms in total. The third-order valence-corrected chi connectivity index (χ3v) is 3.96. The fourth-order valence-corrected chi connectivity index (χ4v) is 2.34. The van der Waals surface area contributed by atoms with Crippen molar-refractivity contribution in [1.29, 1.82) is 0 Å². The van der Waals surface area contributed by atoms with Gasteiger partial charge in [0.05, 0.1) is 11.5 Å². The van der Waals surface area contributed by atoms with E-state index >= 15 is 0 Å². The van der Waals surface area contributed by atoms with E-state index in [-0.39, 0.29) is 11.5 Å². The number of nitrogens with zero attached hydrogens (tertiary/aromatic N) is 1. The van der Waals surface area contributed by atoms with E-state index in [2.05, 4.69) is 17.0 Å². The molecule has 0 aliphatic carbocycles. The lowest BCUT2D eigenvalue weighted by atomic mass is 10.2. The summed E-state index contributed by atoms with van der Waals surface area (Å²) in [4.78, 5) is 2.03. The van der Waals surface area contributed by atoms with Crippen LogP contribution < -0.4 is 0 Å². The molecule has 0 radical (unpaired) electrons. The van der Waals surface area contributed by atoms with E-state index in [4.69, 9.17) is 9.66 Å². The maximum absolute atomic E-state index is 10.5. The van der Waals surface area contributed by atoms with Gasteiger partial charge in [-0.05, 0) is 31.7 Å². The first-order valence-corrected chi connectivity index (χ1v) is 8.64. The molecule has 2 N–H and O–H groups in total. The lowest BCUT2D eigenvalue weighted by molar-refractivity contribution is 0.217. The minimum atomic E-state index is -4.02. The van der Waals surface area contributed by atoms with Gasteiger partial charge in [-0.25, -0.2) is 0 Å². The van der Waals surface area contributed by atoms with Gasteiger partial charge in [0, 0.05) is 13.1 Å². The lowest BCUT2D eigenvalue weighted by Crippen LogP contribution is -2.21. The van der Waals surface area contributed by atoms with Crippen LogP contribution in [0, 0.1) is 6.92 Å². The molecule has 0 amide bonds. The van der Waals surface area contributed by atoms with Crippen LogP contribution in [0.25, 0.3) is 0 Å². The molecule has 2 aromatic rings. The second-order valence-electron chi connectivity index (χ2n) is 5.24. The van der Waals surface area contributed by atoms with Crippen LogP contribution >= 0.6 is 0 Å². The van der Waals surface area contributed by atoms with Crippen LogP contribution in [0.2, 0.25) is 0 Å². The second kappa shape index (κ2) is 9.42. The first-order valence-electron chi connectivity index (χ1n) is 7.20. The minimum Gasteiger partial charge on any atom is -0.395 e. The second-order valence-corrected chi connectivity index (χ2v) is 6.66. The predicted octanol–water partition coefficient (Wildman–Crippen LogP) is 2.35. The maximum atomic E-state index is 10.5. The molecule has 0 aliphatic heterocycles. The summed E-state index contributed by atoms with van der Waals surface area (Å²) in [5.41, 5.74) is 2.24. The van der Waals surface area contributed by atoms with Crippen LogP contribution in [0.3, 0.4) is 0 Å². The quantitative estimate of drug-likeness (QED) is 0.819. The molecular weight excluding hydrogens is 314 g/mol. The fourth-order valence-electron chi connectivity index (χ4n) is 1.86. The van der Waals surface area contributed by atoms with Gasteiger partial charge in [0.25, 0.3) is 10.1 Å². The van der Waals surface area contributed by atoms with Crippen molar-refractivity contribution in [2.45, 2.75) is 18.4 Å². The normalized spacial score (nSPS) is 11.0. The zero-order valence-electron chi connectivity index (χ0n) is 13.4. The van der Waals surface area contributed by atoms with Crippen molar-refractivity contribution in [2.24, 2.45) is 0 Å². The van der Waals surface area contributed by atoms with E-state index in [1.807, 2.05) is 32.2 Å². The van der Waals surface area contributed by atoms with E-state index in [0.29, 0.717) is 0 Å². The number of benzene rings is 2. The Morgan fingerprint density at radius 3 is 2.04 bits per heavy atom. The Labute approximate surface area is 138 Å². The molecule has 23 heavy (non-hydrogen) atoms. The first kappa shape index (κ1) is 19.3. The van der Waals surface area contributed by atoms with Gasteiger partial charge in [-0.15, -0.1) is 0 Å². The van der Waals surface area contributed by atoms with Gasteiger partial charge in [-0.1, -0.05) is 48.0 Å². The predicted molar refractivity (Wildman–Crippen MR) is 90.9 cm³/mol. The van der Waals surface area contributed by atoms with Crippen molar-refractivity contribution in [3.8, 4) is 0 Å². The molecule has 0 atom stereocenters. The van der Waals surface area contributed by atoms with Crippen molar-refractivity contribution < 1.29 is 18.1 Å². The molecule has 2 rings (SSSR count). The van der Waals surface area contributed by atoms with Gasteiger partial charge < -0.3 is 5.11 Å². The molecule has 0 fully saturated rings. The Hall–Kier alpha value is -1.73. The van der Waals surface area contributed by atoms with Gasteiger partial charge in [0.2, 0.25) is 0 Å². The molecule has 0 unspecified atom stereocenters. The molecule has 0 saturated heterocycles. The van der Waals surface area contributed by atoms with E-state index < -0.39 is 10.1 Å². The highest BCUT2D eigenvalue weighted by Crippen LogP contribution is 2.08. The van der Waals surface area contributed by atoms with Crippen molar-refractivity contribution in [3.05, 3.63) is 65.7 Å². The van der Waals surface area contributed by atoms with Crippen LogP contribution in [0.1, 0.15) is 11.1 Å². The fraction of sp³-hybridized carbons (Fsp3) is 0.294. The smallest absolute Gasteiger partial charge is 0.294 e. The summed E-state index contributed by atoms with van der Waals surface area (Å²) in [5.74, 6) is 0. The van der Waals surface area contributed by atoms with Crippen LogP contribution in [0.5, 0.6) is 0 Å². The molecular formula is C17H23NO4S. The van der Waals surface area contributed by atoms with Gasteiger partial charge >= 0.3 is 0 Å². The zero-order chi connectivity index (χ0) is 17.3. The van der Waals surface area contributed by atoms with Crippen LogP contribution in [-0.2, 0) is 16.7 Å². The minimum absolute atomic E-state index is 0.0666. The van der Waals surface area contributed by atoms with Crippen LogP contribution in [0.4, 0.5) is 0 Å². The van der Waals surface area contributed by atoms with Gasteiger partial charge in [-0.3, -0.25) is 9.45 Å². The molecule has 0 spiro atoms. The van der Waals surface area contributed by atoms with Gasteiger partial charge in [-0.2, -0.15) is 8.42 Å². The van der Waals surface area contributed by atoms with Gasteiger partial charge in [0.15, 0.2) is 0 Å². The molecule has 0 aliphatic rings. The monoisotopic (exact) mass is 337 g/mol. The molecule has 6 heteroatoms. The van der Waals surface area contributed by atoms with Crippen molar-refractivity contribution in [1.82, 2.24) is 4.90 Å². The number of aryl methyl sites for hydroxylation is 1. The van der Waals surface area contributed by atoms with E-state index in [1.54, 1.807) is 12.1 Å². The van der Waals surface area contributed by atoms with Crippen molar-refractivity contribution >= 4 is 10.1 Å². The third-order valence-electron chi connectivity index (χ3n) is 3.10. The largest absolute Gasteiger partial charge is 0.395 e. The van der Waals surface area contributed by atoms with Crippen LogP contribution in [-0.4, -0.2) is 43.2 Å². The third kappa shape index (κ3) is 7.90. The van der Waals surface area contributed by atoms with Crippen molar-refractivity contribution in [2.75, 3.05) is 20.2 Å². The Kier molecular flexibility index (Phi) is 7.91. The highest BCUT2D eigenvalue weighted by atomic mass is 32.2. The highest BCUT2D eigenvalue weighted by Gasteiger charge is 2.06. The summed E-state index contributed by atoms with van der Waals surface area (Å²) in [6.45, 7) is 3.70. The summed E-state index contributed by atoms with van der Waals surface area (Å²) in [6.07, 6.45) is 0. The molecule has 126 valence electrons. The topological polar surface area (TPSA) is 77.8 Å². The average molecular weight is 337 g/mol. The zero-order valence-corrected chi connectivity index (χ0v) is 14.2. The number of aliphatic hydroxyl groups excluding tert-OH is 1. The number of rotatable bonds is 5. The van der Waals surface area contributed by atoms with E-state index in [1.165, 1.54) is 17.7 Å². The Morgan fingerprint density at radius 2 is 1.57 bits per heavy atom. The SMILES string of the molecule is CN(CCO)Cc1ccccc1.Cc1ccc(S(=O)(=O)O)cc1. The number of hydrogen-bond acceptors (Lipinski definition) is 4. The number of likely N-dealkylation sites (N-methyl/N-ethyl adjacent to an activating group) is 1. The summed E-state index contributed by atoms with van der Waals surface area (Å²) in [6, 6.07) is 16.2.